The van der Waals surface area contributed by atoms with Gasteiger partial charge < -0.3 is 10.8 Å². The van der Waals surface area contributed by atoms with Crippen molar-refractivity contribution in [2.24, 2.45) is 0 Å². The van der Waals surface area contributed by atoms with E-state index in [1.165, 1.54) is 12.1 Å². The Bertz CT molecular complexity index is 240. The molecule has 3 N–H and O–H groups in total. The molecule has 52 valence electrons. The van der Waals surface area contributed by atoms with Crippen LogP contribution in [0.15, 0.2) is 24.3 Å². The highest BCUT2D eigenvalue weighted by Crippen LogP contribution is 2.04. The number of carboxylic acid groups (broad SMARTS) is 1. The third-order valence-corrected chi connectivity index (χ3v) is 1.16. The fraction of sp³-hybridized carbons (Fsp3) is 0. The first-order chi connectivity index (χ1) is 4.70. The van der Waals surface area contributed by atoms with Crippen LogP contribution in [-0.2, 0) is 0 Å². The average molecular weight is 136 g/mol. The van der Waals surface area contributed by atoms with Crippen LogP contribution in [0.3, 0.4) is 0 Å². The molecule has 0 fully saturated rings. The Morgan fingerprint density at radius 1 is 1.30 bits per heavy atom. The van der Waals surface area contributed by atoms with E-state index in [1.807, 2.05) is 0 Å². The summed E-state index contributed by atoms with van der Waals surface area (Å²) in [4.78, 5) is 10.3. The first-order valence-electron chi connectivity index (χ1n) is 2.79. The van der Waals surface area contributed by atoms with Gasteiger partial charge in [0, 0.05) is 5.69 Å². The first-order valence-corrected chi connectivity index (χ1v) is 2.79. The highest BCUT2D eigenvalue weighted by Gasteiger charge is 1.98. The molecule has 3 heteroatoms. The van der Waals surface area contributed by atoms with Crippen LogP contribution in [0.1, 0.15) is 10.4 Å². The number of hydrogen-bond acceptors (Lipinski definition) is 2. The van der Waals surface area contributed by atoms with Gasteiger partial charge in [0.05, 0.1) is 5.56 Å². The van der Waals surface area contributed by atoms with Gasteiger partial charge in [-0.15, -0.1) is 0 Å². The zero-order chi connectivity index (χ0) is 7.56. The van der Waals surface area contributed by atoms with E-state index in [1.54, 1.807) is 12.1 Å². The standard InChI is InChI=1S/C7H7NO2/c8-6-3-1-5(2-4-6)7(9)10/h1-4H,8H2,(H,9,10)/i7-1. The van der Waals surface area contributed by atoms with Crippen LogP contribution in [0.25, 0.3) is 0 Å². The largest absolute Gasteiger partial charge is 0.478 e. The molecule has 10 heavy (non-hydrogen) atoms. The van der Waals surface area contributed by atoms with E-state index >= 15 is 0 Å². The summed E-state index contributed by atoms with van der Waals surface area (Å²) in [5, 5.41) is 8.43. The van der Waals surface area contributed by atoms with Crippen molar-refractivity contribution in [1.82, 2.24) is 0 Å². The quantitative estimate of drug-likeness (QED) is 0.565. The maximum atomic E-state index is 10.3. The van der Waals surface area contributed by atoms with Crippen LogP contribution >= 0.6 is 0 Å². The number of nitrogens with two attached hydrogens (primary N) is 1. The molecule has 0 amide bonds. The van der Waals surface area contributed by atoms with Crippen LogP contribution in [0.5, 0.6) is 0 Å². The summed E-state index contributed by atoms with van der Waals surface area (Å²) >= 11 is 0. The molecule has 0 radical (unpaired) electrons. The third kappa shape index (κ3) is 1.25. The summed E-state index contributed by atoms with van der Waals surface area (Å²) in [6.07, 6.45) is 0. The van der Waals surface area contributed by atoms with Crippen molar-refractivity contribution in [3.05, 3.63) is 29.8 Å². The average Bonchev–Trinajstić information content (AvgIpc) is 1.88. The lowest BCUT2D eigenvalue weighted by atomic mass is 9.94. The Kier molecular flexibility index (Phi) is 1.58. The van der Waals surface area contributed by atoms with Crippen molar-refractivity contribution < 1.29 is 9.90 Å². The highest BCUT2D eigenvalue weighted by atomic mass is 16.3. The molecule has 0 spiro atoms. The molecule has 0 aliphatic rings. The molecule has 0 atom stereocenters. The lowest BCUT2D eigenvalue weighted by molar-refractivity contribution is 0.0697. The normalized spacial score (nSPS) is 9.20. The Morgan fingerprint density at radius 2 is 1.80 bits per heavy atom. The summed E-state index contributed by atoms with van der Waals surface area (Å²) in [7, 11) is 0. The van der Waals surface area contributed by atoms with Gasteiger partial charge in [-0.2, -0.15) is 0 Å². The number of carboxylic acids is 1. The Hall–Kier alpha value is -1.51. The molecule has 0 bridgehead atoms. The minimum atomic E-state index is -0.931. The van der Waals surface area contributed by atoms with Crippen molar-refractivity contribution in [2.45, 2.75) is 0 Å². The maximum absolute atomic E-state index is 10.3. The van der Waals surface area contributed by atoms with Crippen LogP contribution in [-0.4, -0.2) is 11.1 Å². The minimum absolute atomic E-state index is 0.259. The molecule has 0 unspecified atom stereocenters. The molecule has 1 aromatic rings. The molecule has 1 aromatic carbocycles. The Balaban J connectivity index is 3.00. The molecule has 0 aliphatic carbocycles. The van der Waals surface area contributed by atoms with Gasteiger partial charge in [-0.3, -0.25) is 0 Å². The monoisotopic (exact) mass is 136 g/mol. The van der Waals surface area contributed by atoms with Crippen molar-refractivity contribution in [3.8, 4) is 0 Å². The predicted molar refractivity (Wildman–Crippen MR) is 37.8 cm³/mol. The molecule has 0 aliphatic heterocycles. The van der Waals surface area contributed by atoms with Crippen molar-refractivity contribution in [1.29, 1.82) is 0 Å². The van der Waals surface area contributed by atoms with Crippen molar-refractivity contribution in [3.63, 3.8) is 0 Å². The molecular weight excluding hydrogens is 129 g/mol. The first kappa shape index (κ1) is 6.61. The van der Waals surface area contributed by atoms with Gasteiger partial charge in [-0.1, -0.05) is 0 Å². The summed E-state index contributed by atoms with van der Waals surface area (Å²) in [6, 6.07) is 6.06. The van der Waals surface area contributed by atoms with Crippen molar-refractivity contribution >= 4 is 11.7 Å². The number of carbonyl (C=O) groups is 1. The number of hydrogen-bond donors (Lipinski definition) is 2. The van der Waals surface area contributed by atoms with Crippen LogP contribution in [0, 0.1) is 0 Å². The summed E-state index contributed by atoms with van der Waals surface area (Å²) in [5.74, 6) is -0.931. The lowest BCUT2D eigenvalue weighted by Gasteiger charge is -1.93. The van der Waals surface area contributed by atoms with E-state index in [9.17, 15) is 4.79 Å². The van der Waals surface area contributed by atoms with Gasteiger partial charge in [-0.05, 0) is 24.3 Å². The van der Waals surface area contributed by atoms with Gasteiger partial charge in [0.25, 0.3) is 0 Å². The zero-order valence-corrected chi connectivity index (χ0v) is 5.24. The van der Waals surface area contributed by atoms with E-state index in [0.717, 1.165) is 0 Å². The van der Waals surface area contributed by atoms with Gasteiger partial charge in [0.2, 0.25) is 0 Å². The third-order valence-electron chi connectivity index (χ3n) is 1.16. The van der Waals surface area contributed by atoms with E-state index in [2.05, 4.69) is 0 Å². The topological polar surface area (TPSA) is 63.3 Å². The molecule has 0 saturated carbocycles. The highest BCUT2D eigenvalue weighted by molar-refractivity contribution is 5.87. The Morgan fingerprint density at radius 3 is 2.20 bits per heavy atom. The molecule has 0 heterocycles. The molecule has 1 rings (SSSR count). The predicted octanol–water partition coefficient (Wildman–Crippen LogP) is 0.967. The smallest absolute Gasteiger partial charge is 0.335 e. The van der Waals surface area contributed by atoms with E-state index in [0.29, 0.717) is 5.69 Å². The Labute approximate surface area is 58.1 Å². The lowest BCUT2D eigenvalue weighted by Crippen LogP contribution is -1.95. The minimum Gasteiger partial charge on any atom is -0.478 e. The maximum Gasteiger partial charge on any atom is 0.335 e. The van der Waals surface area contributed by atoms with E-state index in [4.69, 9.17) is 10.8 Å². The fourth-order valence-electron chi connectivity index (χ4n) is 0.626. The number of rotatable bonds is 1. The van der Waals surface area contributed by atoms with Crippen LogP contribution in [0.4, 0.5) is 5.69 Å². The van der Waals surface area contributed by atoms with Crippen LogP contribution < -0.4 is 5.73 Å². The second kappa shape index (κ2) is 2.39. The number of aromatic carboxylic acids is 1. The molecule has 3 nitrogen and oxygen atoms in total. The van der Waals surface area contributed by atoms with E-state index < -0.39 is 5.97 Å². The summed E-state index contributed by atoms with van der Waals surface area (Å²) < 4.78 is 0. The second-order valence-electron chi connectivity index (χ2n) is 1.93. The van der Waals surface area contributed by atoms with Gasteiger partial charge >= 0.3 is 5.97 Å². The molecule has 0 saturated heterocycles. The SMILES string of the molecule is Nc1ccc([11C](=O)O)cc1. The number of nitrogen functional groups attached to an aromatic ring is 1. The van der Waals surface area contributed by atoms with E-state index in [-0.39, 0.29) is 5.56 Å². The summed E-state index contributed by atoms with van der Waals surface area (Å²) in [5.41, 5.74) is 6.17. The van der Waals surface area contributed by atoms with Gasteiger partial charge in [0.15, 0.2) is 0 Å². The van der Waals surface area contributed by atoms with Gasteiger partial charge in [0.1, 0.15) is 0 Å². The number of anilines is 1. The van der Waals surface area contributed by atoms with Crippen LogP contribution in [0.2, 0.25) is 0 Å². The van der Waals surface area contributed by atoms with Gasteiger partial charge in [-0.25, -0.2) is 4.79 Å². The summed E-state index contributed by atoms with van der Waals surface area (Å²) in [6.45, 7) is 0. The zero-order valence-electron chi connectivity index (χ0n) is 5.24. The second-order valence-corrected chi connectivity index (χ2v) is 1.93. The molecular formula is C7H7NO2. The molecule has 0 aromatic heterocycles. The number of benzene rings is 1. The fourth-order valence-corrected chi connectivity index (χ4v) is 0.626. The van der Waals surface area contributed by atoms with Crippen molar-refractivity contribution in [2.75, 3.05) is 5.73 Å².